The first-order valence-corrected chi connectivity index (χ1v) is 16.6. The molecule has 0 bridgehead atoms. The van der Waals surface area contributed by atoms with Crippen molar-refractivity contribution in [2.24, 2.45) is 10.3 Å². The molecule has 1 amide bonds. The second-order valence-corrected chi connectivity index (χ2v) is 14.2. The number of amides is 1. The van der Waals surface area contributed by atoms with E-state index in [1.807, 2.05) is 16.8 Å². The van der Waals surface area contributed by atoms with Crippen molar-refractivity contribution in [3.8, 4) is 0 Å². The largest absolute Gasteiger partial charge is 0.511 e. The third kappa shape index (κ3) is 4.84. The SMILES string of the molecule is CS(=O)(=O)NCc1csc2c1S(=O)(=O)N=C(C1=C(O)[C@@H]3CCCCC[C@@H]3N(Cc3ccsc3)C1=O)N2. The summed E-state index contributed by atoms with van der Waals surface area (Å²) >= 11 is 2.61. The standard InChI is InChI=1S/C22H26N4O6S4/c1-35(29,30)23-9-14-12-34-21-19(14)36(31,32)25-20(24-21)17-18(27)15-5-3-2-4-6-16(15)26(22(17)28)10-13-7-8-33-11-13/h7-8,11-12,15-16,23,27H,2-6,9-10H2,1H3,(H,24,25)/t15-,16+/m1/s1. The predicted octanol–water partition coefficient (Wildman–Crippen LogP) is 3.17. The van der Waals surface area contributed by atoms with Crippen LogP contribution in [0.15, 0.2) is 42.8 Å². The van der Waals surface area contributed by atoms with Gasteiger partial charge in [-0.3, -0.25) is 4.79 Å². The van der Waals surface area contributed by atoms with E-state index in [1.54, 1.807) is 4.90 Å². The van der Waals surface area contributed by atoms with E-state index in [0.29, 0.717) is 13.0 Å². The summed E-state index contributed by atoms with van der Waals surface area (Å²) in [5, 5.41) is 19.9. The fraction of sp³-hybridized carbons (Fsp3) is 0.455. The van der Waals surface area contributed by atoms with Crippen LogP contribution in [-0.4, -0.2) is 50.9 Å². The highest BCUT2D eigenvalue weighted by atomic mass is 32.2. The lowest BCUT2D eigenvalue weighted by molar-refractivity contribution is -0.132. The summed E-state index contributed by atoms with van der Waals surface area (Å²) in [7, 11) is -7.79. The first-order chi connectivity index (χ1) is 17.0. The molecule has 4 heterocycles. The van der Waals surface area contributed by atoms with Gasteiger partial charge in [0, 0.05) is 30.6 Å². The van der Waals surface area contributed by atoms with E-state index >= 15 is 0 Å². The Hall–Kier alpha value is -2.26. The molecule has 1 aliphatic carbocycles. The van der Waals surface area contributed by atoms with Crippen molar-refractivity contribution in [3.05, 3.63) is 44.7 Å². The molecule has 1 saturated carbocycles. The molecule has 3 aliphatic rings. The molecule has 36 heavy (non-hydrogen) atoms. The maximum absolute atomic E-state index is 13.8. The number of hydrogen-bond donors (Lipinski definition) is 3. The van der Waals surface area contributed by atoms with Crippen molar-refractivity contribution in [3.63, 3.8) is 0 Å². The maximum atomic E-state index is 13.8. The van der Waals surface area contributed by atoms with Crippen LogP contribution in [0.3, 0.4) is 0 Å². The molecule has 2 aliphatic heterocycles. The summed E-state index contributed by atoms with van der Waals surface area (Å²) < 4.78 is 55.6. The number of thiophene rings is 2. The molecule has 2 aromatic heterocycles. The summed E-state index contributed by atoms with van der Waals surface area (Å²) in [4.78, 5) is 15.4. The Kier molecular flexibility index (Phi) is 6.74. The van der Waals surface area contributed by atoms with Crippen molar-refractivity contribution < 1.29 is 26.7 Å². The minimum atomic E-state index is -4.26. The van der Waals surface area contributed by atoms with Crippen LogP contribution >= 0.6 is 22.7 Å². The zero-order valence-corrected chi connectivity index (χ0v) is 22.7. The monoisotopic (exact) mass is 570 g/mol. The van der Waals surface area contributed by atoms with Crippen LogP contribution < -0.4 is 10.0 Å². The molecule has 14 heteroatoms. The van der Waals surface area contributed by atoms with Crippen LogP contribution in [0.25, 0.3) is 0 Å². The van der Waals surface area contributed by atoms with Gasteiger partial charge in [0.1, 0.15) is 21.2 Å². The van der Waals surface area contributed by atoms with Gasteiger partial charge in [0.2, 0.25) is 10.0 Å². The molecule has 3 N–H and O–H groups in total. The third-order valence-corrected chi connectivity index (χ3v) is 10.6. The van der Waals surface area contributed by atoms with Gasteiger partial charge in [-0.25, -0.2) is 13.1 Å². The van der Waals surface area contributed by atoms with Gasteiger partial charge in [-0.2, -0.15) is 19.8 Å². The third-order valence-electron chi connectivity index (χ3n) is 6.67. The molecule has 1 fully saturated rings. The van der Waals surface area contributed by atoms with E-state index in [4.69, 9.17) is 0 Å². The van der Waals surface area contributed by atoms with E-state index in [9.17, 15) is 26.7 Å². The molecule has 0 aromatic carbocycles. The van der Waals surface area contributed by atoms with Crippen molar-refractivity contribution in [2.45, 2.75) is 56.1 Å². The average Bonchev–Trinajstić information content (AvgIpc) is 3.39. The van der Waals surface area contributed by atoms with Gasteiger partial charge >= 0.3 is 0 Å². The Morgan fingerprint density at radius 3 is 2.75 bits per heavy atom. The fourth-order valence-corrected chi connectivity index (χ4v) is 8.73. The minimum absolute atomic E-state index is 0.117. The van der Waals surface area contributed by atoms with E-state index in [2.05, 4.69) is 14.4 Å². The molecule has 0 spiro atoms. The Morgan fingerprint density at radius 1 is 1.25 bits per heavy atom. The van der Waals surface area contributed by atoms with Crippen LogP contribution in [0.2, 0.25) is 0 Å². The quantitative estimate of drug-likeness (QED) is 0.484. The highest BCUT2D eigenvalue weighted by Crippen LogP contribution is 2.42. The number of sulfonamides is 2. The topological polar surface area (TPSA) is 145 Å². The van der Waals surface area contributed by atoms with Gasteiger partial charge in [-0.05, 0) is 40.6 Å². The number of rotatable bonds is 6. The van der Waals surface area contributed by atoms with E-state index in [1.165, 1.54) is 16.7 Å². The number of carbonyl (C=O) groups excluding carboxylic acids is 1. The molecular formula is C22H26N4O6S4. The number of carbonyl (C=O) groups is 1. The van der Waals surface area contributed by atoms with E-state index in [0.717, 1.165) is 48.8 Å². The van der Waals surface area contributed by atoms with Crippen LogP contribution in [0, 0.1) is 5.92 Å². The Bertz CT molecular complexity index is 1460. The molecule has 0 radical (unpaired) electrons. The summed E-state index contributed by atoms with van der Waals surface area (Å²) in [6.45, 7) is 0.160. The van der Waals surface area contributed by atoms with E-state index < -0.39 is 26.0 Å². The highest BCUT2D eigenvalue weighted by Gasteiger charge is 2.45. The lowest BCUT2D eigenvalue weighted by Gasteiger charge is -2.41. The van der Waals surface area contributed by atoms with Crippen molar-refractivity contribution in [1.82, 2.24) is 9.62 Å². The number of amidine groups is 1. The Labute approximate surface area is 217 Å². The normalized spacial score (nSPS) is 24.0. The lowest BCUT2D eigenvalue weighted by Crippen LogP contribution is -2.51. The van der Waals surface area contributed by atoms with Crippen LogP contribution in [-0.2, 0) is 37.9 Å². The highest BCUT2D eigenvalue weighted by molar-refractivity contribution is 7.91. The second-order valence-electron chi connectivity index (χ2n) is 9.19. The lowest BCUT2D eigenvalue weighted by atomic mass is 9.84. The van der Waals surface area contributed by atoms with Gasteiger partial charge in [0.25, 0.3) is 15.9 Å². The zero-order chi connectivity index (χ0) is 25.7. The molecule has 0 saturated heterocycles. The van der Waals surface area contributed by atoms with Crippen LogP contribution in [0.1, 0.15) is 43.2 Å². The summed E-state index contributed by atoms with van der Waals surface area (Å²) in [5.41, 5.74) is 1.12. The van der Waals surface area contributed by atoms with Crippen molar-refractivity contribution >= 4 is 59.5 Å². The van der Waals surface area contributed by atoms with Gasteiger partial charge in [0.15, 0.2) is 5.84 Å². The van der Waals surface area contributed by atoms with Gasteiger partial charge in [-0.1, -0.05) is 19.3 Å². The molecule has 2 aromatic rings. The average molecular weight is 571 g/mol. The first kappa shape index (κ1) is 25.4. The molecule has 0 unspecified atom stereocenters. The smallest absolute Gasteiger partial charge is 0.287 e. The second kappa shape index (κ2) is 9.56. The molecule has 2 atom stereocenters. The number of hydrogen-bond acceptors (Lipinski definition) is 9. The van der Waals surface area contributed by atoms with Crippen molar-refractivity contribution in [2.75, 3.05) is 11.6 Å². The summed E-state index contributed by atoms with van der Waals surface area (Å²) in [6.07, 6.45) is 5.31. The van der Waals surface area contributed by atoms with Crippen LogP contribution in [0.4, 0.5) is 5.00 Å². The Morgan fingerprint density at radius 2 is 2.03 bits per heavy atom. The molecule has 194 valence electrons. The van der Waals surface area contributed by atoms with E-state index in [-0.39, 0.29) is 51.1 Å². The number of fused-ring (bicyclic) bond motifs is 2. The minimum Gasteiger partial charge on any atom is -0.511 e. The number of aliphatic hydroxyl groups excluding tert-OH is 1. The van der Waals surface area contributed by atoms with Gasteiger partial charge in [0.05, 0.1) is 6.26 Å². The summed E-state index contributed by atoms with van der Waals surface area (Å²) in [6, 6.07) is 1.78. The maximum Gasteiger partial charge on any atom is 0.287 e. The molecular weight excluding hydrogens is 545 g/mol. The number of nitrogens with zero attached hydrogens (tertiary/aromatic N) is 2. The Balaban J connectivity index is 1.54. The fourth-order valence-electron chi connectivity index (χ4n) is 5.05. The number of anilines is 1. The predicted molar refractivity (Wildman–Crippen MR) is 139 cm³/mol. The number of aliphatic hydroxyl groups is 1. The molecule has 5 rings (SSSR count). The molecule has 10 nitrogen and oxygen atoms in total. The van der Waals surface area contributed by atoms with Crippen LogP contribution in [0.5, 0.6) is 0 Å². The van der Waals surface area contributed by atoms with Gasteiger partial charge < -0.3 is 15.3 Å². The zero-order valence-electron chi connectivity index (χ0n) is 19.4. The first-order valence-electron chi connectivity index (χ1n) is 11.5. The summed E-state index contributed by atoms with van der Waals surface area (Å²) in [5.74, 6) is -1.08. The van der Waals surface area contributed by atoms with Crippen molar-refractivity contribution in [1.29, 1.82) is 0 Å². The van der Waals surface area contributed by atoms with Gasteiger partial charge in [-0.15, -0.1) is 15.7 Å². The number of nitrogens with one attached hydrogen (secondary N) is 2.